The summed E-state index contributed by atoms with van der Waals surface area (Å²) in [6.45, 7) is 7.17. The van der Waals surface area contributed by atoms with Gasteiger partial charge in [-0.25, -0.2) is 0 Å². The molecule has 20 heavy (non-hydrogen) atoms. The van der Waals surface area contributed by atoms with Crippen LogP contribution in [0.5, 0.6) is 5.75 Å². The van der Waals surface area contributed by atoms with Crippen LogP contribution < -0.4 is 10.1 Å². The second kappa shape index (κ2) is 4.98. The molecule has 3 rings (SSSR count). The van der Waals surface area contributed by atoms with Crippen LogP contribution >= 0.6 is 0 Å². The molecule has 0 spiro atoms. The summed E-state index contributed by atoms with van der Waals surface area (Å²) >= 11 is 0. The number of carbonyl (C=O) groups is 1. The number of anilines is 1. The molecule has 2 aliphatic rings. The Kier molecular flexibility index (Phi) is 3.30. The average Bonchev–Trinajstić information content (AvgIpc) is 2.45. The number of amides is 1. The van der Waals surface area contributed by atoms with Crippen LogP contribution in [-0.4, -0.2) is 49.3 Å². The van der Waals surface area contributed by atoms with Crippen molar-refractivity contribution < 1.29 is 14.3 Å². The van der Waals surface area contributed by atoms with Gasteiger partial charge in [0.1, 0.15) is 6.61 Å². The lowest BCUT2D eigenvalue weighted by atomic mass is 10.1. The summed E-state index contributed by atoms with van der Waals surface area (Å²) in [5.41, 5.74) is 1.24. The van der Waals surface area contributed by atoms with E-state index in [9.17, 15) is 4.79 Å². The summed E-state index contributed by atoms with van der Waals surface area (Å²) in [5.74, 6) is 0.690. The second-order valence-electron chi connectivity index (χ2n) is 5.79. The number of hydrogen-bond donors (Lipinski definition) is 1. The summed E-state index contributed by atoms with van der Waals surface area (Å²) in [7, 11) is 0. The molecule has 1 saturated heterocycles. The number of rotatable bonds is 1. The molecule has 0 radical (unpaired) electrons. The van der Waals surface area contributed by atoms with E-state index in [0.717, 1.165) is 12.2 Å². The molecular weight excluding hydrogens is 256 g/mol. The maximum absolute atomic E-state index is 12.7. The van der Waals surface area contributed by atoms with Crippen molar-refractivity contribution in [3.8, 4) is 5.75 Å². The molecule has 5 heteroatoms. The zero-order chi connectivity index (χ0) is 14.2. The van der Waals surface area contributed by atoms with Crippen LogP contribution in [0.4, 0.5) is 5.69 Å². The molecule has 0 unspecified atom stereocenters. The zero-order valence-corrected chi connectivity index (χ0v) is 11.9. The Balaban J connectivity index is 1.87. The lowest BCUT2D eigenvalue weighted by Gasteiger charge is -2.38. The minimum Gasteiger partial charge on any atom is -0.489 e. The fraction of sp³-hybridized carbons (Fsp3) is 0.533. The third-order valence-electron chi connectivity index (χ3n) is 3.62. The number of nitrogens with one attached hydrogen (secondary N) is 1. The highest BCUT2D eigenvalue weighted by molar-refractivity contribution is 5.99. The molecule has 1 aromatic rings. The highest BCUT2D eigenvalue weighted by atomic mass is 16.5. The molecule has 0 saturated carbocycles. The SMILES string of the molecule is CC1(C)CN(C(=O)c2cccc3c2OCCN3)CCO1. The second-order valence-corrected chi connectivity index (χ2v) is 5.79. The lowest BCUT2D eigenvalue weighted by Crippen LogP contribution is -2.50. The number of carbonyl (C=O) groups excluding carboxylic acids is 1. The summed E-state index contributed by atoms with van der Waals surface area (Å²) in [6.07, 6.45) is 0. The van der Waals surface area contributed by atoms with Gasteiger partial charge in [0.25, 0.3) is 5.91 Å². The predicted octanol–water partition coefficient (Wildman–Crippen LogP) is 1.74. The van der Waals surface area contributed by atoms with Crippen LogP contribution in [0.1, 0.15) is 24.2 Å². The first kappa shape index (κ1) is 13.2. The zero-order valence-electron chi connectivity index (χ0n) is 11.9. The van der Waals surface area contributed by atoms with Gasteiger partial charge in [0.2, 0.25) is 0 Å². The van der Waals surface area contributed by atoms with Crippen molar-refractivity contribution >= 4 is 11.6 Å². The van der Waals surface area contributed by atoms with E-state index in [0.29, 0.717) is 37.6 Å². The van der Waals surface area contributed by atoms with Crippen molar-refractivity contribution in [2.45, 2.75) is 19.4 Å². The molecule has 1 aromatic carbocycles. The summed E-state index contributed by atoms with van der Waals surface area (Å²) in [5, 5.41) is 3.26. The minimum atomic E-state index is -0.290. The standard InChI is InChI=1S/C15H20N2O3/c1-15(2)10-17(7-9-20-15)14(18)11-4-3-5-12-13(11)19-8-6-16-12/h3-5,16H,6-10H2,1-2H3. The molecule has 0 bridgehead atoms. The van der Waals surface area contributed by atoms with Crippen molar-refractivity contribution in [3.63, 3.8) is 0 Å². The first-order chi connectivity index (χ1) is 9.57. The van der Waals surface area contributed by atoms with E-state index in [2.05, 4.69) is 5.32 Å². The average molecular weight is 276 g/mol. The maximum Gasteiger partial charge on any atom is 0.257 e. The molecule has 5 nitrogen and oxygen atoms in total. The third-order valence-corrected chi connectivity index (χ3v) is 3.62. The molecule has 108 valence electrons. The van der Waals surface area contributed by atoms with Gasteiger partial charge in [0.15, 0.2) is 5.75 Å². The smallest absolute Gasteiger partial charge is 0.257 e. The van der Waals surface area contributed by atoms with Gasteiger partial charge in [0.05, 0.1) is 23.5 Å². The molecule has 1 fully saturated rings. The molecular formula is C15H20N2O3. The van der Waals surface area contributed by atoms with Crippen LogP contribution in [0.3, 0.4) is 0 Å². The number of hydrogen-bond acceptors (Lipinski definition) is 4. The number of nitrogens with zero attached hydrogens (tertiary/aromatic N) is 1. The van der Waals surface area contributed by atoms with Gasteiger partial charge in [-0.3, -0.25) is 4.79 Å². The van der Waals surface area contributed by atoms with Gasteiger partial charge < -0.3 is 19.7 Å². The Bertz CT molecular complexity index is 528. The maximum atomic E-state index is 12.7. The van der Waals surface area contributed by atoms with E-state index >= 15 is 0 Å². The molecule has 2 heterocycles. The Morgan fingerprint density at radius 3 is 3.00 bits per heavy atom. The summed E-state index contributed by atoms with van der Waals surface area (Å²) in [4.78, 5) is 14.6. The number of benzene rings is 1. The number of fused-ring (bicyclic) bond motifs is 1. The van der Waals surface area contributed by atoms with Crippen molar-refractivity contribution in [1.29, 1.82) is 0 Å². The molecule has 0 atom stereocenters. The van der Waals surface area contributed by atoms with Crippen molar-refractivity contribution in [3.05, 3.63) is 23.8 Å². The minimum absolute atomic E-state index is 0.0157. The van der Waals surface area contributed by atoms with Crippen molar-refractivity contribution in [1.82, 2.24) is 4.90 Å². The largest absolute Gasteiger partial charge is 0.489 e. The lowest BCUT2D eigenvalue weighted by molar-refractivity contribution is -0.0764. The fourth-order valence-electron chi connectivity index (χ4n) is 2.70. The number of ether oxygens (including phenoxy) is 2. The Morgan fingerprint density at radius 1 is 1.35 bits per heavy atom. The Hall–Kier alpha value is -1.75. The van der Waals surface area contributed by atoms with Gasteiger partial charge in [-0.05, 0) is 26.0 Å². The van der Waals surface area contributed by atoms with Crippen molar-refractivity contribution in [2.24, 2.45) is 0 Å². The molecule has 0 aliphatic carbocycles. The van der Waals surface area contributed by atoms with Gasteiger partial charge in [0, 0.05) is 19.6 Å². The van der Waals surface area contributed by atoms with Gasteiger partial charge in [-0.15, -0.1) is 0 Å². The summed E-state index contributed by atoms with van der Waals surface area (Å²) in [6, 6.07) is 5.66. The molecule has 0 aromatic heterocycles. The fourth-order valence-corrected chi connectivity index (χ4v) is 2.70. The van der Waals surface area contributed by atoms with Crippen LogP contribution in [0.15, 0.2) is 18.2 Å². The molecule has 1 N–H and O–H groups in total. The first-order valence-electron chi connectivity index (χ1n) is 7.00. The quantitative estimate of drug-likeness (QED) is 0.849. The first-order valence-corrected chi connectivity index (χ1v) is 7.00. The van der Waals surface area contributed by atoms with Crippen LogP contribution in [-0.2, 0) is 4.74 Å². The van der Waals surface area contributed by atoms with Gasteiger partial charge in [-0.2, -0.15) is 0 Å². The Morgan fingerprint density at radius 2 is 2.20 bits per heavy atom. The summed E-state index contributed by atoms with van der Waals surface area (Å²) < 4.78 is 11.3. The van der Waals surface area contributed by atoms with E-state index < -0.39 is 0 Å². The van der Waals surface area contributed by atoms with Crippen LogP contribution in [0.2, 0.25) is 0 Å². The van der Waals surface area contributed by atoms with Gasteiger partial charge in [-0.1, -0.05) is 6.07 Å². The number of para-hydroxylation sites is 1. The normalized spacial score (nSPS) is 20.6. The third kappa shape index (κ3) is 2.45. The van der Waals surface area contributed by atoms with Crippen molar-refractivity contribution in [2.75, 3.05) is 38.2 Å². The monoisotopic (exact) mass is 276 g/mol. The molecule has 1 amide bonds. The Labute approximate surface area is 118 Å². The molecule has 2 aliphatic heterocycles. The van der Waals surface area contributed by atoms with E-state index in [-0.39, 0.29) is 11.5 Å². The highest BCUT2D eigenvalue weighted by Gasteiger charge is 2.32. The van der Waals surface area contributed by atoms with Gasteiger partial charge >= 0.3 is 0 Å². The number of morpholine rings is 1. The van der Waals surface area contributed by atoms with Crippen LogP contribution in [0, 0.1) is 0 Å². The predicted molar refractivity (Wildman–Crippen MR) is 76.4 cm³/mol. The van der Waals surface area contributed by atoms with E-state index in [4.69, 9.17) is 9.47 Å². The van der Waals surface area contributed by atoms with Crippen LogP contribution in [0.25, 0.3) is 0 Å². The highest BCUT2D eigenvalue weighted by Crippen LogP contribution is 2.32. The topological polar surface area (TPSA) is 50.8 Å². The van der Waals surface area contributed by atoms with E-state index in [1.54, 1.807) is 0 Å². The van der Waals surface area contributed by atoms with E-state index in [1.807, 2.05) is 36.9 Å². The van der Waals surface area contributed by atoms with E-state index in [1.165, 1.54) is 0 Å².